The van der Waals surface area contributed by atoms with E-state index in [1.165, 1.54) is 0 Å². The summed E-state index contributed by atoms with van der Waals surface area (Å²) in [4.78, 5) is 20.3. The molecule has 0 unspecified atom stereocenters. The number of aryl methyl sites for hydroxylation is 1. The topological polar surface area (TPSA) is 58.4 Å². The smallest absolute Gasteiger partial charge is 0.227 e. The highest BCUT2D eigenvalue weighted by Crippen LogP contribution is 2.31. The maximum atomic E-state index is 12.0. The van der Waals surface area contributed by atoms with E-state index in [1.54, 1.807) is 17.5 Å². The van der Waals surface area contributed by atoms with Crippen LogP contribution in [0, 0.1) is 18.8 Å². The van der Waals surface area contributed by atoms with Crippen molar-refractivity contribution in [2.75, 3.05) is 18.1 Å². The molecule has 1 saturated heterocycles. The average Bonchev–Trinajstić information content (AvgIpc) is 3.40. The Kier molecular flexibility index (Phi) is 4.80. The molecule has 0 spiro atoms. The quantitative estimate of drug-likeness (QED) is 0.712. The van der Waals surface area contributed by atoms with Gasteiger partial charge in [0.15, 0.2) is 5.82 Å². The number of rotatable bonds is 3. The molecule has 6 heteroatoms. The minimum Gasteiger partial charge on any atom is -0.384 e. The van der Waals surface area contributed by atoms with Crippen molar-refractivity contribution < 1.29 is 9.90 Å². The molecule has 5 nitrogen and oxygen atoms in total. The average molecular weight is 377 g/mol. The van der Waals surface area contributed by atoms with Crippen LogP contribution in [0.15, 0.2) is 42.7 Å². The van der Waals surface area contributed by atoms with E-state index in [9.17, 15) is 4.79 Å². The first-order valence-corrected chi connectivity index (χ1v) is 9.63. The summed E-state index contributed by atoms with van der Waals surface area (Å²) >= 11 is 1.55. The predicted molar refractivity (Wildman–Crippen MR) is 107 cm³/mol. The van der Waals surface area contributed by atoms with Gasteiger partial charge >= 0.3 is 0 Å². The van der Waals surface area contributed by atoms with Crippen molar-refractivity contribution in [2.45, 2.75) is 19.8 Å². The SMILES string of the molecule is Cc1cc(-n2ccnc2-c2ccc(C#CCO)s2)ccc1N1CCCC1=O. The van der Waals surface area contributed by atoms with Crippen LogP contribution >= 0.6 is 11.3 Å². The van der Waals surface area contributed by atoms with E-state index >= 15 is 0 Å². The Morgan fingerprint density at radius 1 is 1.30 bits per heavy atom. The molecule has 0 radical (unpaired) electrons. The van der Waals surface area contributed by atoms with Crippen molar-refractivity contribution in [3.8, 4) is 28.2 Å². The first-order chi connectivity index (χ1) is 13.2. The molecule has 136 valence electrons. The van der Waals surface area contributed by atoms with Gasteiger partial charge in [0.05, 0.1) is 9.75 Å². The predicted octanol–water partition coefficient (Wildman–Crippen LogP) is 3.38. The van der Waals surface area contributed by atoms with E-state index < -0.39 is 0 Å². The van der Waals surface area contributed by atoms with Crippen LogP contribution in [0.3, 0.4) is 0 Å². The van der Waals surface area contributed by atoms with Gasteiger partial charge in [-0.05, 0) is 49.2 Å². The van der Waals surface area contributed by atoms with Crippen LogP contribution < -0.4 is 4.90 Å². The summed E-state index contributed by atoms with van der Waals surface area (Å²) < 4.78 is 2.04. The molecule has 0 atom stereocenters. The molecule has 1 N–H and O–H groups in total. The molecule has 1 aliphatic rings. The molecular weight excluding hydrogens is 358 g/mol. The summed E-state index contributed by atoms with van der Waals surface area (Å²) in [5, 5.41) is 8.84. The van der Waals surface area contributed by atoms with Gasteiger partial charge in [-0.1, -0.05) is 11.8 Å². The van der Waals surface area contributed by atoms with Crippen molar-refractivity contribution in [1.82, 2.24) is 9.55 Å². The van der Waals surface area contributed by atoms with Crippen LogP contribution in [-0.2, 0) is 4.79 Å². The number of nitrogens with zero attached hydrogens (tertiary/aromatic N) is 3. The van der Waals surface area contributed by atoms with Gasteiger partial charge in [-0.15, -0.1) is 11.3 Å². The van der Waals surface area contributed by atoms with Gasteiger partial charge in [0.1, 0.15) is 6.61 Å². The fourth-order valence-electron chi connectivity index (χ4n) is 3.34. The van der Waals surface area contributed by atoms with Crippen LogP contribution in [0.1, 0.15) is 23.3 Å². The summed E-state index contributed by atoms with van der Waals surface area (Å²) in [6.45, 7) is 2.68. The number of imidazole rings is 1. The van der Waals surface area contributed by atoms with Gasteiger partial charge in [-0.2, -0.15) is 0 Å². The molecule has 27 heavy (non-hydrogen) atoms. The van der Waals surface area contributed by atoms with E-state index in [-0.39, 0.29) is 12.5 Å². The number of carbonyl (C=O) groups is 1. The van der Waals surface area contributed by atoms with Crippen LogP contribution in [0.4, 0.5) is 5.69 Å². The summed E-state index contributed by atoms with van der Waals surface area (Å²) in [6, 6.07) is 10.1. The second-order valence-electron chi connectivity index (χ2n) is 6.36. The minimum atomic E-state index is -0.146. The third-order valence-electron chi connectivity index (χ3n) is 4.58. The normalized spacial score (nSPS) is 13.7. The number of aliphatic hydroxyl groups excluding tert-OH is 1. The minimum absolute atomic E-state index is 0.146. The highest BCUT2D eigenvalue weighted by Gasteiger charge is 2.23. The largest absolute Gasteiger partial charge is 0.384 e. The number of carbonyl (C=O) groups excluding carboxylic acids is 1. The molecule has 1 aromatic carbocycles. The standard InChI is InChI=1S/C21H19N3O2S/c1-15-14-16(6-8-18(15)24-11-2-5-20(24)26)23-12-10-22-21(23)19-9-7-17(27-19)4-3-13-25/h6-10,12,14,25H,2,5,11,13H2,1H3. The lowest BCUT2D eigenvalue weighted by atomic mass is 10.1. The molecule has 0 saturated carbocycles. The number of hydrogen-bond acceptors (Lipinski definition) is 4. The second-order valence-corrected chi connectivity index (χ2v) is 7.45. The van der Waals surface area contributed by atoms with E-state index in [0.29, 0.717) is 6.42 Å². The Morgan fingerprint density at radius 2 is 2.19 bits per heavy atom. The Bertz CT molecular complexity index is 1050. The zero-order valence-electron chi connectivity index (χ0n) is 15.0. The van der Waals surface area contributed by atoms with Crippen LogP contribution in [-0.4, -0.2) is 33.7 Å². The number of aliphatic hydroxyl groups is 1. The Morgan fingerprint density at radius 3 is 2.93 bits per heavy atom. The Balaban J connectivity index is 1.67. The van der Waals surface area contributed by atoms with Crippen molar-refractivity contribution in [2.24, 2.45) is 0 Å². The monoisotopic (exact) mass is 377 g/mol. The molecular formula is C21H19N3O2S. The van der Waals surface area contributed by atoms with Crippen molar-refractivity contribution in [3.63, 3.8) is 0 Å². The molecule has 0 bridgehead atoms. The number of anilines is 1. The molecule has 4 rings (SSSR count). The Labute approximate surface area is 161 Å². The van der Waals surface area contributed by atoms with Gasteiger partial charge in [0.2, 0.25) is 5.91 Å². The van der Waals surface area contributed by atoms with Crippen LogP contribution in [0.2, 0.25) is 0 Å². The number of hydrogen-bond donors (Lipinski definition) is 1. The fourth-order valence-corrected chi connectivity index (χ4v) is 4.22. The van der Waals surface area contributed by atoms with Crippen molar-refractivity contribution in [1.29, 1.82) is 0 Å². The van der Waals surface area contributed by atoms with Gasteiger partial charge in [0, 0.05) is 36.7 Å². The molecule has 3 aromatic rings. The van der Waals surface area contributed by atoms with Gasteiger partial charge < -0.3 is 10.0 Å². The van der Waals surface area contributed by atoms with Gasteiger partial charge in [0.25, 0.3) is 0 Å². The number of benzene rings is 1. The number of aromatic nitrogens is 2. The lowest BCUT2D eigenvalue weighted by molar-refractivity contribution is -0.117. The summed E-state index contributed by atoms with van der Waals surface area (Å²) in [5.74, 6) is 6.65. The third kappa shape index (κ3) is 3.39. The molecule has 3 heterocycles. The van der Waals surface area contributed by atoms with Crippen LogP contribution in [0.25, 0.3) is 16.4 Å². The maximum Gasteiger partial charge on any atom is 0.227 e. The first kappa shape index (κ1) is 17.5. The zero-order chi connectivity index (χ0) is 18.8. The van der Waals surface area contributed by atoms with Crippen molar-refractivity contribution in [3.05, 3.63) is 53.2 Å². The fraction of sp³-hybridized carbons (Fsp3) is 0.238. The van der Waals surface area contributed by atoms with E-state index in [4.69, 9.17) is 5.11 Å². The van der Waals surface area contributed by atoms with E-state index in [0.717, 1.165) is 45.5 Å². The molecule has 1 fully saturated rings. The van der Waals surface area contributed by atoms with Gasteiger partial charge in [-0.25, -0.2) is 4.98 Å². The lowest BCUT2D eigenvalue weighted by Gasteiger charge is -2.19. The van der Waals surface area contributed by atoms with E-state index in [2.05, 4.69) is 22.9 Å². The second kappa shape index (κ2) is 7.39. The van der Waals surface area contributed by atoms with E-state index in [1.807, 2.05) is 46.9 Å². The summed E-state index contributed by atoms with van der Waals surface area (Å²) in [5.41, 5.74) is 3.07. The first-order valence-electron chi connectivity index (χ1n) is 8.82. The van der Waals surface area contributed by atoms with Gasteiger partial charge in [-0.3, -0.25) is 9.36 Å². The van der Waals surface area contributed by atoms with Crippen LogP contribution in [0.5, 0.6) is 0 Å². The third-order valence-corrected chi connectivity index (χ3v) is 5.58. The molecule has 1 amide bonds. The highest BCUT2D eigenvalue weighted by molar-refractivity contribution is 7.15. The number of thiophene rings is 1. The summed E-state index contributed by atoms with van der Waals surface area (Å²) in [7, 11) is 0. The molecule has 0 aliphatic carbocycles. The molecule has 2 aromatic heterocycles. The Hall–Kier alpha value is -2.88. The number of amides is 1. The van der Waals surface area contributed by atoms with Crippen molar-refractivity contribution >= 4 is 22.9 Å². The summed E-state index contributed by atoms with van der Waals surface area (Å²) in [6.07, 6.45) is 5.27. The maximum absolute atomic E-state index is 12.0. The lowest BCUT2D eigenvalue weighted by Crippen LogP contribution is -2.24. The zero-order valence-corrected chi connectivity index (χ0v) is 15.8. The highest BCUT2D eigenvalue weighted by atomic mass is 32.1. The molecule has 1 aliphatic heterocycles.